The van der Waals surface area contributed by atoms with Crippen molar-refractivity contribution in [3.05, 3.63) is 29.8 Å². The summed E-state index contributed by atoms with van der Waals surface area (Å²) in [5.74, 6) is 0.494. The van der Waals surface area contributed by atoms with Gasteiger partial charge in [-0.3, -0.25) is 4.79 Å². The van der Waals surface area contributed by atoms with E-state index in [-0.39, 0.29) is 11.9 Å². The van der Waals surface area contributed by atoms with Crippen LogP contribution in [0.2, 0.25) is 0 Å². The highest BCUT2D eigenvalue weighted by molar-refractivity contribution is 5.96. The molecular formula is C15H17N3O2. The number of hydrogen-bond donors (Lipinski definition) is 2. The maximum absolute atomic E-state index is 12.3. The molecule has 1 aliphatic carbocycles. The van der Waals surface area contributed by atoms with Crippen molar-refractivity contribution < 1.29 is 9.21 Å². The Morgan fingerprint density at radius 3 is 3.15 bits per heavy atom. The van der Waals surface area contributed by atoms with Crippen LogP contribution in [0.1, 0.15) is 28.9 Å². The molecule has 1 saturated heterocycles. The van der Waals surface area contributed by atoms with Gasteiger partial charge in [-0.15, -0.1) is 0 Å². The quantitative estimate of drug-likeness (QED) is 0.871. The first-order valence-corrected chi connectivity index (χ1v) is 7.09. The summed E-state index contributed by atoms with van der Waals surface area (Å²) < 4.78 is 5.35. The Hall–Kier alpha value is -1.88. The summed E-state index contributed by atoms with van der Waals surface area (Å²) in [6, 6.07) is 2.68. The van der Waals surface area contributed by atoms with Crippen LogP contribution in [0.3, 0.4) is 0 Å². The first kappa shape index (κ1) is 11.9. The summed E-state index contributed by atoms with van der Waals surface area (Å²) in [5.41, 5.74) is 2.22. The van der Waals surface area contributed by atoms with Gasteiger partial charge in [0.2, 0.25) is 0 Å². The normalized spacial score (nSPS) is 28.1. The van der Waals surface area contributed by atoms with Crippen LogP contribution in [0, 0.1) is 12.8 Å². The molecule has 1 aliphatic heterocycles. The summed E-state index contributed by atoms with van der Waals surface area (Å²) in [5, 5.41) is 7.54. The summed E-state index contributed by atoms with van der Waals surface area (Å²) in [6.45, 7) is 2.98. The third-order valence-corrected chi connectivity index (χ3v) is 4.57. The van der Waals surface area contributed by atoms with Gasteiger partial charge in [-0.05, 0) is 37.3 Å². The van der Waals surface area contributed by atoms with E-state index < -0.39 is 0 Å². The van der Waals surface area contributed by atoms with Gasteiger partial charge in [-0.25, -0.2) is 4.98 Å². The molecule has 3 atom stereocenters. The standard InChI is InChI=1S/C15H17N3O2/c1-8-7-20-14-6-17-13(4-11(8)14)15(19)18-12-3-10-2-9(12)5-16-10/h4,6-7,9-10,12,16H,2-3,5H2,1H3,(H,18,19). The van der Waals surface area contributed by atoms with Crippen molar-refractivity contribution >= 4 is 16.9 Å². The van der Waals surface area contributed by atoms with Crippen molar-refractivity contribution in [3.8, 4) is 0 Å². The first-order chi connectivity index (χ1) is 9.70. The number of rotatable bonds is 2. The number of pyridine rings is 1. The predicted molar refractivity (Wildman–Crippen MR) is 74.5 cm³/mol. The molecule has 2 N–H and O–H groups in total. The van der Waals surface area contributed by atoms with Gasteiger partial charge in [0, 0.05) is 24.0 Å². The second-order valence-electron chi connectivity index (χ2n) is 5.90. The van der Waals surface area contributed by atoms with Gasteiger partial charge in [0.15, 0.2) is 5.58 Å². The summed E-state index contributed by atoms with van der Waals surface area (Å²) in [7, 11) is 0. The fourth-order valence-electron chi connectivity index (χ4n) is 3.44. The largest absolute Gasteiger partial charge is 0.462 e. The number of aryl methyl sites for hydroxylation is 1. The Kier molecular flexibility index (Phi) is 2.57. The molecule has 2 aliphatic rings. The van der Waals surface area contributed by atoms with E-state index in [1.165, 1.54) is 6.42 Å². The van der Waals surface area contributed by atoms with Crippen LogP contribution in [0.15, 0.2) is 22.9 Å². The smallest absolute Gasteiger partial charge is 0.270 e. The molecule has 0 aromatic carbocycles. The molecular weight excluding hydrogens is 254 g/mol. The fourth-order valence-corrected chi connectivity index (χ4v) is 3.44. The minimum Gasteiger partial charge on any atom is -0.462 e. The van der Waals surface area contributed by atoms with Gasteiger partial charge in [0.1, 0.15) is 5.69 Å². The molecule has 2 aromatic rings. The van der Waals surface area contributed by atoms with Crippen molar-refractivity contribution in [2.45, 2.75) is 31.8 Å². The average molecular weight is 271 g/mol. The van der Waals surface area contributed by atoms with Gasteiger partial charge in [-0.1, -0.05) is 0 Å². The number of nitrogens with one attached hydrogen (secondary N) is 2. The number of carbonyl (C=O) groups excluding carboxylic acids is 1. The number of fused-ring (bicyclic) bond motifs is 3. The minimum absolute atomic E-state index is 0.0787. The van der Waals surface area contributed by atoms with Crippen LogP contribution >= 0.6 is 0 Å². The SMILES string of the molecule is Cc1coc2cnc(C(=O)NC3CC4CC3CN4)cc12. The van der Waals surface area contributed by atoms with E-state index in [9.17, 15) is 4.79 Å². The van der Waals surface area contributed by atoms with Gasteiger partial charge in [0.05, 0.1) is 12.5 Å². The topological polar surface area (TPSA) is 67.2 Å². The number of amides is 1. The van der Waals surface area contributed by atoms with E-state index in [0.29, 0.717) is 17.7 Å². The van der Waals surface area contributed by atoms with Gasteiger partial charge < -0.3 is 15.1 Å². The third-order valence-electron chi connectivity index (χ3n) is 4.57. The molecule has 3 unspecified atom stereocenters. The Labute approximate surface area is 116 Å². The molecule has 2 bridgehead atoms. The molecule has 20 heavy (non-hydrogen) atoms. The highest BCUT2D eigenvalue weighted by Crippen LogP contribution is 2.31. The van der Waals surface area contributed by atoms with Crippen LogP contribution in [0.5, 0.6) is 0 Å². The molecule has 2 aromatic heterocycles. The Morgan fingerprint density at radius 2 is 2.40 bits per heavy atom. The lowest BCUT2D eigenvalue weighted by Crippen LogP contribution is -2.44. The van der Waals surface area contributed by atoms with Gasteiger partial charge >= 0.3 is 0 Å². The second kappa shape index (κ2) is 4.31. The molecule has 104 valence electrons. The lowest BCUT2D eigenvalue weighted by Gasteiger charge is -2.23. The van der Waals surface area contributed by atoms with E-state index in [4.69, 9.17) is 4.42 Å². The molecule has 3 heterocycles. The highest BCUT2D eigenvalue weighted by Gasteiger charge is 2.40. The number of aromatic nitrogens is 1. The number of nitrogens with zero attached hydrogens (tertiary/aromatic N) is 1. The summed E-state index contributed by atoms with van der Waals surface area (Å²) >= 11 is 0. The van der Waals surface area contributed by atoms with E-state index in [0.717, 1.165) is 29.5 Å². The zero-order valence-electron chi connectivity index (χ0n) is 11.3. The molecule has 1 amide bonds. The summed E-state index contributed by atoms with van der Waals surface area (Å²) in [6.07, 6.45) is 5.52. The number of hydrogen-bond acceptors (Lipinski definition) is 4. The number of piperidine rings is 1. The first-order valence-electron chi connectivity index (χ1n) is 7.09. The Balaban J connectivity index is 1.56. The monoisotopic (exact) mass is 271 g/mol. The van der Waals surface area contributed by atoms with E-state index in [1.54, 1.807) is 12.5 Å². The Bertz CT molecular complexity index is 679. The molecule has 2 fully saturated rings. The fraction of sp³-hybridized carbons (Fsp3) is 0.467. The van der Waals surface area contributed by atoms with Gasteiger partial charge in [-0.2, -0.15) is 0 Å². The van der Waals surface area contributed by atoms with Crippen molar-refractivity contribution in [3.63, 3.8) is 0 Å². The van der Waals surface area contributed by atoms with Crippen LogP contribution < -0.4 is 10.6 Å². The molecule has 5 nitrogen and oxygen atoms in total. The minimum atomic E-state index is -0.0787. The molecule has 0 spiro atoms. The molecule has 1 saturated carbocycles. The van der Waals surface area contributed by atoms with Gasteiger partial charge in [0.25, 0.3) is 5.91 Å². The maximum atomic E-state index is 12.3. The zero-order chi connectivity index (χ0) is 13.7. The third kappa shape index (κ3) is 1.81. The van der Waals surface area contributed by atoms with E-state index in [1.807, 2.05) is 13.0 Å². The Morgan fingerprint density at radius 1 is 1.50 bits per heavy atom. The van der Waals surface area contributed by atoms with Crippen molar-refractivity contribution in [1.29, 1.82) is 0 Å². The lowest BCUT2D eigenvalue weighted by molar-refractivity contribution is 0.0920. The molecule has 5 heteroatoms. The van der Waals surface area contributed by atoms with Crippen LogP contribution in [0.4, 0.5) is 0 Å². The van der Waals surface area contributed by atoms with Crippen LogP contribution in [-0.4, -0.2) is 29.5 Å². The second-order valence-corrected chi connectivity index (χ2v) is 5.90. The maximum Gasteiger partial charge on any atom is 0.270 e. The van der Waals surface area contributed by atoms with Crippen molar-refractivity contribution in [2.75, 3.05) is 6.54 Å². The number of furan rings is 1. The zero-order valence-corrected chi connectivity index (χ0v) is 11.3. The summed E-state index contributed by atoms with van der Waals surface area (Å²) in [4.78, 5) is 16.5. The lowest BCUT2D eigenvalue weighted by atomic mass is 10.0. The average Bonchev–Trinajstić information content (AvgIpc) is 3.15. The predicted octanol–water partition coefficient (Wildman–Crippen LogP) is 1.62. The van der Waals surface area contributed by atoms with E-state index >= 15 is 0 Å². The van der Waals surface area contributed by atoms with E-state index in [2.05, 4.69) is 15.6 Å². The highest BCUT2D eigenvalue weighted by atomic mass is 16.3. The number of carbonyl (C=O) groups is 1. The van der Waals surface area contributed by atoms with Crippen LogP contribution in [-0.2, 0) is 0 Å². The van der Waals surface area contributed by atoms with Crippen molar-refractivity contribution in [2.24, 2.45) is 5.92 Å². The molecule has 0 radical (unpaired) electrons. The van der Waals surface area contributed by atoms with Crippen LogP contribution in [0.25, 0.3) is 11.0 Å². The molecule has 4 rings (SSSR count). The van der Waals surface area contributed by atoms with Crippen molar-refractivity contribution in [1.82, 2.24) is 15.6 Å².